The van der Waals surface area contributed by atoms with Crippen molar-refractivity contribution < 1.29 is 12.8 Å². The van der Waals surface area contributed by atoms with Crippen LogP contribution in [-0.2, 0) is 16.6 Å². The molecule has 112 valence electrons. The topological polar surface area (TPSA) is 72.2 Å². The first kappa shape index (κ1) is 16.0. The second-order valence-corrected chi connectivity index (χ2v) is 6.69. The zero-order valence-corrected chi connectivity index (χ0v) is 12.9. The van der Waals surface area contributed by atoms with Gasteiger partial charge in [0.25, 0.3) is 10.0 Å². The monoisotopic (exact) mass is 348 g/mol. The van der Waals surface area contributed by atoms with Crippen molar-refractivity contribution >= 4 is 38.9 Å². The molecule has 0 saturated heterocycles. The molecule has 0 aliphatic heterocycles. The number of rotatable bonds is 4. The molecule has 0 heterocycles. The molecule has 0 aliphatic carbocycles. The molecule has 0 atom stereocenters. The number of benzene rings is 2. The van der Waals surface area contributed by atoms with E-state index in [4.69, 9.17) is 28.9 Å². The van der Waals surface area contributed by atoms with E-state index in [9.17, 15) is 12.8 Å². The van der Waals surface area contributed by atoms with Crippen molar-refractivity contribution in [1.82, 2.24) is 0 Å². The van der Waals surface area contributed by atoms with Crippen molar-refractivity contribution in [3.05, 3.63) is 57.8 Å². The molecule has 0 saturated carbocycles. The maximum atomic E-state index is 13.6. The SMILES string of the molecule is NCc1ccc(Cl)c(S(=O)(=O)Nc2cc(Cl)ccc2F)c1. The van der Waals surface area contributed by atoms with Gasteiger partial charge in [0.1, 0.15) is 10.7 Å². The van der Waals surface area contributed by atoms with Gasteiger partial charge >= 0.3 is 0 Å². The fourth-order valence-electron chi connectivity index (χ4n) is 1.66. The van der Waals surface area contributed by atoms with E-state index < -0.39 is 15.8 Å². The Bertz CT molecular complexity index is 782. The number of hydrogen-bond acceptors (Lipinski definition) is 3. The van der Waals surface area contributed by atoms with E-state index in [1.807, 2.05) is 0 Å². The molecule has 0 aromatic heterocycles. The first-order chi connectivity index (χ1) is 9.83. The minimum Gasteiger partial charge on any atom is -0.326 e. The Morgan fingerprint density at radius 1 is 1.14 bits per heavy atom. The Morgan fingerprint density at radius 2 is 1.86 bits per heavy atom. The highest BCUT2D eigenvalue weighted by Crippen LogP contribution is 2.27. The predicted molar refractivity (Wildman–Crippen MR) is 81.6 cm³/mol. The zero-order chi connectivity index (χ0) is 15.6. The molecule has 4 nitrogen and oxygen atoms in total. The third-order valence-corrected chi connectivity index (χ3v) is 4.78. The van der Waals surface area contributed by atoms with Gasteiger partial charge in [-0.25, -0.2) is 12.8 Å². The average molecular weight is 349 g/mol. The summed E-state index contributed by atoms with van der Waals surface area (Å²) in [5.41, 5.74) is 5.81. The van der Waals surface area contributed by atoms with Crippen molar-refractivity contribution in [2.45, 2.75) is 11.4 Å². The fraction of sp³-hybridized carbons (Fsp3) is 0.0769. The van der Waals surface area contributed by atoms with Gasteiger partial charge in [0.05, 0.1) is 10.7 Å². The molecule has 0 unspecified atom stereocenters. The van der Waals surface area contributed by atoms with Crippen LogP contribution in [0.3, 0.4) is 0 Å². The van der Waals surface area contributed by atoms with Crippen LogP contribution in [-0.4, -0.2) is 8.42 Å². The van der Waals surface area contributed by atoms with Gasteiger partial charge in [-0.05, 0) is 35.9 Å². The second kappa shape index (κ2) is 6.19. The summed E-state index contributed by atoms with van der Waals surface area (Å²) in [6, 6.07) is 7.94. The highest BCUT2D eigenvalue weighted by molar-refractivity contribution is 7.92. The van der Waals surface area contributed by atoms with Gasteiger partial charge in [-0.3, -0.25) is 4.72 Å². The molecule has 2 aromatic carbocycles. The van der Waals surface area contributed by atoms with Crippen molar-refractivity contribution in [1.29, 1.82) is 0 Å². The molecule has 0 aliphatic rings. The molecule has 0 fully saturated rings. The summed E-state index contributed by atoms with van der Waals surface area (Å²) in [4.78, 5) is -0.175. The number of hydrogen-bond donors (Lipinski definition) is 2. The zero-order valence-electron chi connectivity index (χ0n) is 10.6. The van der Waals surface area contributed by atoms with Gasteiger partial charge in [0.2, 0.25) is 0 Å². The summed E-state index contributed by atoms with van der Waals surface area (Å²) >= 11 is 11.6. The molecule has 3 N–H and O–H groups in total. The molecule has 0 bridgehead atoms. The number of nitrogens with two attached hydrogens (primary N) is 1. The smallest absolute Gasteiger partial charge is 0.263 e. The van der Waals surface area contributed by atoms with Gasteiger partial charge in [0, 0.05) is 11.6 Å². The molecule has 0 spiro atoms. The van der Waals surface area contributed by atoms with Crippen molar-refractivity contribution in [2.75, 3.05) is 4.72 Å². The van der Waals surface area contributed by atoms with Crippen LogP contribution in [0.4, 0.5) is 10.1 Å². The van der Waals surface area contributed by atoms with Gasteiger partial charge in [0.15, 0.2) is 0 Å². The molecular formula is C13H11Cl2FN2O2S. The quantitative estimate of drug-likeness (QED) is 0.889. The normalized spacial score (nSPS) is 11.4. The summed E-state index contributed by atoms with van der Waals surface area (Å²) in [7, 11) is -4.05. The lowest BCUT2D eigenvalue weighted by Crippen LogP contribution is -2.15. The molecular weight excluding hydrogens is 338 g/mol. The summed E-state index contributed by atoms with van der Waals surface area (Å²) in [6.07, 6.45) is 0. The summed E-state index contributed by atoms with van der Waals surface area (Å²) in [5.74, 6) is -0.742. The van der Waals surface area contributed by atoms with E-state index in [0.29, 0.717) is 5.56 Å². The maximum Gasteiger partial charge on any atom is 0.263 e. The van der Waals surface area contributed by atoms with Crippen molar-refractivity contribution in [2.24, 2.45) is 5.73 Å². The highest BCUT2D eigenvalue weighted by Gasteiger charge is 2.20. The van der Waals surface area contributed by atoms with Crippen LogP contribution in [0.5, 0.6) is 0 Å². The number of anilines is 1. The fourth-order valence-corrected chi connectivity index (χ4v) is 3.44. The van der Waals surface area contributed by atoms with E-state index in [2.05, 4.69) is 4.72 Å². The van der Waals surface area contributed by atoms with E-state index >= 15 is 0 Å². The maximum absolute atomic E-state index is 13.6. The van der Waals surface area contributed by atoms with E-state index in [1.54, 1.807) is 6.07 Å². The largest absolute Gasteiger partial charge is 0.326 e. The standard InChI is InChI=1S/C13H11Cl2FN2O2S/c14-9-2-4-11(16)12(6-9)18-21(19,20)13-5-8(7-17)1-3-10(13)15/h1-6,18H,7,17H2. The minimum atomic E-state index is -4.05. The van der Waals surface area contributed by atoms with Crippen LogP contribution in [0.25, 0.3) is 0 Å². The Labute approximate surface area is 131 Å². The molecule has 21 heavy (non-hydrogen) atoms. The van der Waals surface area contributed by atoms with Crippen LogP contribution in [0.2, 0.25) is 10.0 Å². The molecule has 0 amide bonds. The van der Waals surface area contributed by atoms with Crippen LogP contribution in [0, 0.1) is 5.82 Å². The van der Waals surface area contributed by atoms with Crippen LogP contribution in [0.15, 0.2) is 41.3 Å². The Hall–Kier alpha value is -1.34. The van der Waals surface area contributed by atoms with Crippen LogP contribution < -0.4 is 10.5 Å². The van der Waals surface area contributed by atoms with Crippen molar-refractivity contribution in [3.8, 4) is 0 Å². The summed E-state index contributed by atoms with van der Waals surface area (Å²) in [5, 5.41) is 0.220. The van der Waals surface area contributed by atoms with Crippen molar-refractivity contribution in [3.63, 3.8) is 0 Å². The molecule has 8 heteroatoms. The predicted octanol–water partition coefficient (Wildman–Crippen LogP) is 3.39. The average Bonchev–Trinajstić information content (AvgIpc) is 2.43. The molecule has 0 radical (unpaired) electrons. The summed E-state index contributed by atoms with van der Waals surface area (Å²) < 4.78 is 40.4. The molecule has 2 rings (SSSR count). The third-order valence-electron chi connectivity index (χ3n) is 2.69. The van der Waals surface area contributed by atoms with E-state index in [1.165, 1.54) is 24.3 Å². The molecule has 2 aromatic rings. The minimum absolute atomic E-state index is 0.0159. The Balaban J connectivity index is 2.45. The van der Waals surface area contributed by atoms with E-state index in [-0.39, 0.29) is 27.2 Å². The van der Waals surface area contributed by atoms with Crippen LogP contribution >= 0.6 is 23.2 Å². The number of nitrogens with one attached hydrogen (secondary N) is 1. The number of halogens is 3. The third kappa shape index (κ3) is 3.65. The second-order valence-electron chi connectivity index (χ2n) is 4.20. The Kier molecular flexibility index (Phi) is 4.73. The lowest BCUT2D eigenvalue weighted by molar-refractivity contribution is 0.598. The van der Waals surface area contributed by atoms with Gasteiger partial charge in [-0.1, -0.05) is 29.3 Å². The number of sulfonamides is 1. The highest BCUT2D eigenvalue weighted by atomic mass is 35.5. The van der Waals surface area contributed by atoms with E-state index in [0.717, 1.165) is 6.07 Å². The lowest BCUT2D eigenvalue weighted by Gasteiger charge is -2.11. The Morgan fingerprint density at radius 3 is 2.52 bits per heavy atom. The van der Waals surface area contributed by atoms with Crippen LogP contribution in [0.1, 0.15) is 5.56 Å². The van der Waals surface area contributed by atoms with Gasteiger partial charge in [-0.2, -0.15) is 0 Å². The first-order valence-corrected chi connectivity index (χ1v) is 8.04. The van der Waals surface area contributed by atoms with Gasteiger partial charge < -0.3 is 5.73 Å². The lowest BCUT2D eigenvalue weighted by atomic mass is 10.2. The summed E-state index contributed by atoms with van der Waals surface area (Å²) in [6.45, 7) is 0.158. The van der Waals surface area contributed by atoms with Gasteiger partial charge in [-0.15, -0.1) is 0 Å². The first-order valence-electron chi connectivity index (χ1n) is 5.80.